The zero-order chi connectivity index (χ0) is 19.6. The summed E-state index contributed by atoms with van der Waals surface area (Å²) in [6.07, 6.45) is 0.745. The van der Waals surface area contributed by atoms with Crippen LogP contribution in [-0.4, -0.2) is 50.8 Å². The first-order valence-electron chi connectivity index (χ1n) is 9.80. The maximum absolute atomic E-state index is 13.2. The van der Waals surface area contributed by atoms with E-state index in [1.807, 2.05) is 6.07 Å². The number of morpholine rings is 1. The largest absolute Gasteiger partial charge is 0.379 e. The van der Waals surface area contributed by atoms with E-state index < -0.39 is 0 Å². The van der Waals surface area contributed by atoms with Gasteiger partial charge < -0.3 is 15.4 Å². The number of nitrogens with zero attached hydrogens (tertiary/aromatic N) is 2. The summed E-state index contributed by atoms with van der Waals surface area (Å²) in [6, 6.07) is 15.4. The van der Waals surface area contributed by atoms with Gasteiger partial charge in [-0.1, -0.05) is 36.4 Å². The van der Waals surface area contributed by atoms with Crippen LogP contribution in [-0.2, 0) is 24.2 Å². The monoisotopic (exact) mass is 512 g/mol. The third-order valence-corrected chi connectivity index (χ3v) is 4.81. The summed E-state index contributed by atoms with van der Waals surface area (Å²) in [5.74, 6) is 0.547. The minimum Gasteiger partial charge on any atom is -0.379 e. The summed E-state index contributed by atoms with van der Waals surface area (Å²) < 4.78 is 18.6. The van der Waals surface area contributed by atoms with Crippen LogP contribution in [0, 0.1) is 5.82 Å². The molecule has 2 aromatic carbocycles. The van der Waals surface area contributed by atoms with Gasteiger partial charge in [-0.15, -0.1) is 24.0 Å². The molecule has 0 bridgehead atoms. The molecule has 0 spiro atoms. The highest BCUT2D eigenvalue weighted by Gasteiger charge is 2.10. The van der Waals surface area contributed by atoms with Gasteiger partial charge in [0, 0.05) is 39.8 Å². The van der Waals surface area contributed by atoms with E-state index in [1.54, 1.807) is 19.2 Å². The molecule has 5 nitrogen and oxygen atoms in total. The van der Waals surface area contributed by atoms with Crippen molar-refractivity contribution >= 4 is 29.9 Å². The van der Waals surface area contributed by atoms with Crippen molar-refractivity contribution < 1.29 is 9.13 Å². The molecule has 29 heavy (non-hydrogen) atoms. The van der Waals surface area contributed by atoms with E-state index >= 15 is 0 Å². The maximum Gasteiger partial charge on any atom is 0.191 e. The van der Waals surface area contributed by atoms with Crippen LogP contribution in [0.1, 0.15) is 16.7 Å². The molecule has 1 aliphatic rings. The Morgan fingerprint density at radius 1 is 1.03 bits per heavy atom. The number of benzene rings is 2. The number of hydrogen-bond donors (Lipinski definition) is 2. The quantitative estimate of drug-likeness (QED) is 0.340. The predicted molar refractivity (Wildman–Crippen MR) is 126 cm³/mol. The van der Waals surface area contributed by atoms with Crippen molar-refractivity contribution in [3.05, 3.63) is 71.0 Å². The van der Waals surface area contributed by atoms with E-state index in [9.17, 15) is 4.39 Å². The standard InChI is InChI=1S/C22H29FN4O.HI/c1-24-22(25-10-9-18-3-2-4-21(23)15-18)26-16-19-5-7-20(8-6-19)17-27-11-13-28-14-12-27;/h2-8,15H,9-14,16-17H2,1H3,(H2,24,25,26);1H. The second-order valence-corrected chi connectivity index (χ2v) is 6.94. The van der Waals surface area contributed by atoms with Gasteiger partial charge in [0.2, 0.25) is 0 Å². The number of halogens is 2. The lowest BCUT2D eigenvalue weighted by atomic mass is 10.1. The maximum atomic E-state index is 13.2. The highest BCUT2D eigenvalue weighted by molar-refractivity contribution is 14.0. The first-order chi connectivity index (χ1) is 13.7. The van der Waals surface area contributed by atoms with E-state index in [0.717, 1.165) is 50.8 Å². The van der Waals surface area contributed by atoms with Crippen LogP contribution in [0.3, 0.4) is 0 Å². The summed E-state index contributed by atoms with van der Waals surface area (Å²) in [4.78, 5) is 6.67. The predicted octanol–water partition coefficient (Wildman–Crippen LogP) is 3.18. The molecule has 1 heterocycles. The molecule has 158 valence electrons. The first-order valence-corrected chi connectivity index (χ1v) is 9.80. The minimum atomic E-state index is -0.197. The van der Waals surface area contributed by atoms with Crippen molar-refractivity contribution in [2.45, 2.75) is 19.5 Å². The van der Waals surface area contributed by atoms with Gasteiger partial charge in [0.1, 0.15) is 5.82 Å². The fourth-order valence-corrected chi connectivity index (χ4v) is 3.20. The zero-order valence-electron chi connectivity index (χ0n) is 16.9. The van der Waals surface area contributed by atoms with Gasteiger partial charge in [-0.3, -0.25) is 9.89 Å². The van der Waals surface area contributed by atoms with Crippen molar-refractivity contribution in [1.29, 1.82) is 0 Å². The fourth-order valence-electron chi connectivity index (χ4n) is 3.20. The summed E-state index contributed by atoms with van der Waals surface area (Å²) in [5, 5.41) is 6.59. The van der Waals surface area contributed by atoms with Gasteiger partial charge in [-0.05, 0) is 35.2 Å². The Hall–Kier alpha value is -1.71. The lowest BCUT2D eigenvalue weighted by Gasteiger charge is -2.26. The average Bonchev–Trinajstić information content (AvgIpc) is 2.72. The van der Waals surface area contributed by atoms with Gasteiger partial charge in [-0.25, -0.2) is 4.39 Å². The Balaban J connectivity index is 0.00000300. The smallest absolute Gasteiger partial charge is 0.191 e. The lowest BCUT2D eigenvalue weighted by molar-refractivity contribution is 0.0342. The Kier molecular flexibility index (Phi) is 10.4. The highest BCUT2D eigenvalue weighted by Crippen LogP contribution is 2.09. The minimum absolute atomic E-state index is 0. The number of nitrogens with one attached hydrogen (secondary N) is 2. The fraction of sp³-hybridized carbons (Fsp3) is 0.409. The van der Waals surface area contributed by atoms with Crippen LogP contribution in [0.15, 0.2) is 53.5 Å². The molecule has 0 saturated carbocycles. The zero-order valence-corrected chi connectivity index (χ0v) is 19.2. The summed E-state index contributed by atoms with van der Waals surface area (Å²) in [6.45, 7) is 6.03. The molecule has 0 radical (unpaired) electrons. The Morgan fingerprint density at radius 3 is 2.45 bits per heavy atom. The molecular formula is C22H30FIN4O. The van der Waals surface area contributed by atoms with E-state index in [1.165, 1.54) is 17.2 Å². The van der Waals surface area contributed by atoms with Crippen LogP contribution in [0.4, 0.5) is 4.39 Å². The van der Waals surface area contributed by atoms with Crippen molar-refractivity contribution in [3.63, 3.8) is 0 Å². The third-order valence-electron chi connectivity index (χ3n) is 4.81. The number of hydrogen-bond acceptors (Lipinski definition) is 3. The summed E-state index contributed by atoms with van der Waals surface area (Å²) >= 11 is 0. The summed E-state index contributed by atoms with van der Waals surface area (Å²) in [7, 11) is 1.75. The molecule has 3 rings (SSSR count). The molecule has 0 unspecified atom stereocenters. The molecular weight excluding hydrogens is 482 g/mol. The van der Waals surface area contributed by atoms with E-state index in [2.05, 4.69) is 44.8 Å². The number of guanidine groups is 1. The molecule has 7 heteroatoms. The van der Waals surface area contributed by atoms with Crippen molar-refractivity contribution in [1.82, 2.24) is 15.5 Å². The van der Waals surface area contributed by atoms with E-state index in [0.29, 0.717) is 13.1 Å². The van der Waals surface area contributed by atoms with E-state index in [-0.39, 0.29) is 29.8 Å². The van der Waals surface area contributed by atoms with Crippen LogP contribution < -0.4 is 10.6 Å². The van der Waals surface area contributed by atoms with Gasteiger partial charge in [0.15, 0.2) is 5.96 Å². The third kappa shape index (κ3) is 8.28. The Morgan fingerprint density at radius 2 is 1.76 bits per heavy atom. The highest BCUT2D eigenvalue weighted by atomic mass is 127. The van der Waals surface area contributed by atoms with Crippen molar-refractivity contribution in [2.75, 3.05) is 39.9 Å². The molecule has 0 aliphatic carbocycles. The molecule has 1 fully saturated rings. The molecule has 1 aliphatic heterocycles. The van der Waals surface area contributed by atoms with Crippen LogP contribution in [0.25, 0.3) is 0 Å². The van der Waals surface area contributed by atoms with Crippen LogP contribution >= 0.6 is 24.0 Å². The van der Waals surface area contributed by atoms with Crippen molar-refractivity contribution in [2.24, 2.45) is 4.99 Å². The number of aliphatic imine (C=N–C) groups is 1. The second-order valence-electron chi connectivity index (χ2n) is 6.94. The first kappa shape index (κ1) is 23.6. The van der Waals surface area contributed by atoms with Crippen molar-refractivity contribution in [3.8, 4) is 0 Å². The molecule has 2 N–H and O–H groups in total. The van der Waals surface area contributed by atoms with Gasteiger partial charge in [0.25, 0.3) is 0 Å². The van der Waals surface area contributed by atoms with Crippen LogP contribution in [0.5, 0.6) is 0 Å². The van der Waals surface area contributed by atoms with E-state index in [4.69, 9.17) is 4.74 Å². The molecule has 1 saturated heterocycles. The average molecular weight is 512 g/mol. The molecule has 0 aromatic heterocycles. The number of rotatable bonds is 7. The summed E-state index contributed by atoms with van der Waals surface area (Å²) in [5.41, 5.74) is 3.50. The Bertz CT molecular complexity index is 764. The van der Waals surface area contributed by atoms with Crippen LogP contribution in [0.2, 0.25) is 0 Å². The second kappa shape index (κ2) is 12.8. The van der Waals surface area contributed by atoms with Gasteiger partial charge in [-0.2, -0.15) is 0 Å². The molecule has 0 amide bonds. The van der Waals surface area contributed by atoms with Gasteiger partial charge in [0.05, 0.1) is 13.2 Å². The van der Waals surface area contributed by atoms with Gasteiger partial charge >= 0.3 is 0 Å². The topological polar surface area (TPSA) is 48.9 Å². The molecule has 0 atom stereocenters. The number of ether oxygens (including phenoxy) is 1. The Labute approximate surface area is 189 Å². The normalized spacial score (nSPS) is 14.9. The SMILES string of the molecule is CN=C(NCCc1cccc(F)c1)NCc1ccc(CN2CCOCC2)cc1.I. The lowest BCUT2D eigenvalue weighted by Crippen LogP contribution is -2.37. The molecule has 2 aromatic rings.